The van der Waals surface area contributed by atoms with E-state index in [4.69, 9.17) is 11.6 Å². The number of aryl methyl sites for hydroxylation is 1. The van der Waals surface area contributed by atoms with Gasteiger partial charge >= 0.3 is 0 Å². The Morgan fingerprint density at radius 3 is 2.45 bits per heavy atom. The third-order valence-electron chi connectivity index (χ3n) is 4.49. The number of azo groups is 1. The lowest BCUT2D eigenvalue weighted by atomic mass is 10.1. The fraction of sp³-hybridized carbons (Fsp3) is 0.182. The summed E-state index contributed by atoms with van der Waals surface area (Å²) in [6.45, 7) is 4.07. The summed E-state index contributed by atoms with van der Waals surface area (Å²) in [5.74, 6) is 0. The van der Waals surface area contributed by atoms with Gasteiger partial charge in [0.1, 0.15) is 11.6 Å². The van der Waals surface area contributed by atoms with E-state index in [9.17, 15) is 5.26 Å². The van der Waals surface area contributed by atoms with Crippen LogP contribution in [0.3, 0.4) is 0 Å². The lowest BCUT2D eigenvalue weighted by molar-refractivity contribution is 1.13. The molecule has 0 saturated carbocycles. The molecule has 0 aliphatic carbocycles. The SMILES string of the molecule is Cc1cccc(N=Cc2sc(N=Nc3ccc(N(C)C)cc3)c(C#N)c2Cl)c1C. The predicted octanol–water partition coefficient (Wildman–Crippen LogP) is 7.12. The summed E-state index contributed by atoms with van der Waals surface area (Å²) in [5.41, 5.74) is 5.24. The maximum absolute atomic E-state index is 9.49. The number of hydrogen-bond acceptors (Lipinski definition) is 6. The van der Waals surface area contributed by atoms with Crippen molar-refractivity contribution in [1.29, 1.82) is 5.26 Å². The van der Waals surface area contributed by atoms with Crippen molar-refractivity contribution in [3.63, 3.8) is 0 Å². The minimum absolute atomic E-state index is 0.313. The molecule has 7 heteroatoms. The van der Waals surface area contributed by atoms with Crippen molar-refractivity contribution in [1.82, 2.24) is 0 Å². The Morgan fingerprint density at radius 1 is 1.07 bits per heavy atom. The van der Waals surface area contributed by atoms with Crippen LogP contribution in [-0.2, 0) is 0 Å². The number of rotatable bonds is 5. The Bertz CT molecular complexity index is 1120. The fourth-order valence-corrected chi connectivity index (χ4v) is 3.78. The molecular weight excluding hydrogens is 402 g/mol. The number of halogens is 1. The van der Waals surface area contributed by atoms with E-state index in [2.05, 4.69) is 21.3 Å². The first-order valence-electron chi connectivity index (χ1n) is 8.92. The van der Waals surface area contributed by atoms with Crippen LogP contribution in [0, 0.1) is 25.2 Å². The van der Waals surface area contributed by atoms with E-state index in [1.165, 1.54) is 16.9 Å². The minimum Gasteiger partial charge on any atom is -0.378 e. The second-order valence-electron chi connectivity index (χ2n) is 6.66. The number of benzene rings is 2. The summed E-state index contributed by atoms with van der Waals surface area (Å²) in [7, 11) is 3.95. The Morgan fingerprint density at radius 2 is 1.79 bits per heavy atom. The lowest BCUT2D eigenvalue weighted by Gasteiger charge is -2.11. The molecule has 3 rings (SSSR count). The van der Waals surface area contributed by atoms with Gasteiger partial charge in [-0.3, -0.25) is 4.99 Å². The van der Waals surface area contributed by atoms with Gasteiger partial charge in [-0.15, -0.1) is 21.6 Å². The van der Waals surface area contributed by atoms with Crippen molar-refractivity contribution in [2.75, 3.05) is 19.0 Å². The number of nitriles is 1. The van der Waals surface area contributed by atoms with Gasteiger partial charge in [0.25, 0.3) is 0 Å². The van der Waals surface area contributed by atoms with E-state index in [-0.39, 0.29) is 0 Å². The largest absolute Gasteiger partial charge is 0.378 e. The fourth-order valence-electron chi connectivity index (χ4n) is 2.59. The zero-order valence-electron chi connectivity index (χ0n) is 16.6. The quantitative estimate of drug-likeness (QED) is 0.325. The Hall–Kier alpha value is -3.01. The molecule has 2 aromatic carbocycles. The van der Waals surface area contributed by atoms with Gasteiger partial charge in [0, 0.05) is 26.0 Å². The molecule has 3 aromatic rings. The van der Waals surface area contributed by atoms with Gasteiger partial charge in [-0.25, -0.2) is 0 Å². The van der Waals surface area contributed by atoms with Gasteiger partial charge in [-0.05, 0) is 55.3 Å². The highest BCUT2D eigenvalue weighted by Crippen LogP contribution is 2.39. The van der Waals surface area contributed by atoms with E-state index in [1.54, 1.807) is 6.21 Å². The molecule has 0 aliphatic heterocycles. The third kappa shape index (κ3) is 4.70. The Labute approximate surface area is 179 Å². The molecule has 1 heterocycles. The maximum atomic E-state index is 9.49. The van der Waals surface area contributed by atoms with E-state index in [1.807, 2.05) is 75.3 Å². The highest BCUT2D eigenvalue weighted by Gasteiger charge is 2.15. The van der Waals surface area contributed by atoms with Crippen LogP contribution in [0.1, 0.15) is 21.6 Å². The molecule has 0 unspecified atom stereocenters. The summed E-state index contributed by atoms with van der Waals surface area (Å²) in [6, 6.07) is 15.8. The normalized spacial score (nSPS) is 11.3. The van der Waals surface area contributed by atoms with Gasteiger partial charge < -0.3 is 4.90 Å². The third-order valence-corrected chi connectivity index (χ3v) is 6.00. The molecule has 146 valence electrons. The molecule has 0 amide bonds. The molecule has 0 fully saturated rings. The first kappa shape index (κ1) is 20.7. The number of anilines is 1. The maximum Gasteiger partial charge on any atom is 0.158 e. The summed E-state index contributed by atoms with van der Waals surface area (Å²) in [6.07, 6.45) is 1.68. The lowest BCUT2D eigenvalue weighted by Crippen LogP contribution is -2.07. The van der Waals surface area contributed by atoms with Crippen LogP contribution in [-0.4, -0.2) is 20.3 Å². The van der Waals surface area contributed by atoms with Gasteiger partial charge in [-0.1, -0.05) is 23.7 Å². The van der Waals surface area contributed by atoms with Crippen LogP contribution < -0.4 is 4.90 Å². The van der Waals surface area contributed by atoms with Crippen LogP contribution in [0.25, 0.3) is 0 Å². The molecule has 1 aromatic heterocycles. The van der Waals surface area contributed by atoms with Crippen molar-refractivity contribution in [3.05, 3.63) is 69.1 Å². The number of thiophene rings is 1. The molecular formula is C22H20ClN5S. The second-order valence-corrected chi connectivity index (χ2v) is 8.07. The smallest absolute Gasteiger partial charge is 0.158 e. The molecule has 0 N–H and O–H groups in total. The first-order chi connectivity index (χ1) is 13.9. The summed E-state index contributed by atoms with van der Waals surface area (Å²) >= 11 is 7.69. The van der Waals surface area contributed by atoms with Crippen molar-refractivity contribution in [2.24, 2.45) is 15.2 Å². The Kier molecular flexibility index (Phi) is 6.42. The average molecular weight is 422 g/mol. The van der Waals surface area contributed by atoms with Gasteiger partial charge in [-0.2, -0.15) is 5.26 Å². The van der Waals surface area contributed by atoms with Crippen molar-refractivity contribution in [3.8, 4) is 6.07 Å². The first-order valence-corrected chi connectivity index (χ1v) is 10.1. The van der Waals surface area contributed by atoms with Gasteiger partial charge in [0.05, 0.1) is 21.3 Å². The molecule has 0 atom stereocenters. The monoisotopic (exact) mass is 421 g/mol. The zero-order valence-corrected chi connectivity index (χ0v) is 18.2. The van der Waals surface area contributed by atoms with Crippen molar-refractivity contribution < 1.29 is 0 Å². The zero-order chi connectivity index (χ0) is 21.0. The molecule has 0 spiro atoms. The minimum atomic E-state index is 0.313. The Balaban J connectivity index is 1.88. The van der Waals surface area contributed by atoms with Crippen molar-refractivity contribution >= 4 is 51.2 Å². The van der Waals surface area contributed by atoms with Crippen LogP contribution in [0.15, 0.2) is 57.7 Å². The number of nitrogens with zero attached hydrogens (tertiary/aromatic N) is 5. The van der Waals surface area contributed by atoms with Crippen LogP contribution in [0.2, 0.25) is 5.02 Å². The number of hydrogen-bond donors (Lipinski definition) is 0. The molecule has 0 bridgehead atoms. The number of aliphatic imine (C=N–C) groups is 1. The van der Waals surface area contributed by atoms with Crippen LogP contribution >= 0.6 is 22.9 Å². The van der Waals surface area contributed by atoms with Crippen LogP contribution in [0.4, 0.5) is 22.1 Å². The molecule has 0 radical (unpaired) electrons. The van der Waals surface area contributed by atoms with Gasteiger partial charge in [0.2, 0.25) is 0 Å². The van der Waals surface area contributed by atoms with E-state index < -0.39 is 0 Å². The summed E-state index contributed by atoms with van der Waals surface area (Å²) in [4.78, 5) is 7.24. The van der Waals surface area contributed by atoms with E-state index in [0.29, 0.717) is 26.2 Å². The highest BCUT2D eigenvalue weighted by molar-refractivity contribution is 7.18. The van der Waals surface area contributed by atoms with Gasteiger partial charge in [0.15, 0.2) is 5.00 Å². The average Bonchev–Trinajstić information content (AvgIpc) is 3.02. The second kappa shape index (κ2) is 8.99. The summed E-state index contributed by atoms with van der Waals surface area (Å²) in [5, 5.41) is 18.8. The van der Waals surface area contributed by atoms with Crippen LogP contribution in [0.5, 0.6) is 0 Å². The summed E-state index contributed by atoms with van der Waals surface area (Å²) < 4.78 is 0. The molecule has 0 aliphatic rings. The molecule has 29 heavy (non-hydrogen) atoms. The topological polar surface area (TPSA) is 64.1 Å². The van der Waals surface area contributed by atoms with Crippen molar-refractivity contribution in [2.45, 2.75) is 13.8 Å². The predicted molar refractivity (Wildman–Crippen MR) is 122 cm³/mol. The van der Waals surface area contributed by atoms with E-state index in [0.717, 1.165) is 16.9 Å². The molecule has 5 nitrogen and oxygen atoms in total. The highest BCUT2D eigenvalue weighted by atomic mass is 35.5. The molecule has 0 saturated heterocycles. The standard InChI is InChI=1S/C22H20ClN5S/c1-14-6-5-7-19(15(14)2)25-13-20-21(23)18(12-24)22(29-20)27-26-16-8-10-17(11-9-16)28(3)4/h5-11,13H,1-4H3. The van der Waals surface area contributed by atoms with E-state index >= 15 is 0 Å².